The second-order valence-electron chi connectivity index (χ2n) is 5.28. The van der Waals surface area contributed by atoms with Crippen molar-refractivity contribution < 1.29 is 32.2 Å². The van der Waals surface area contributed by atoms with E-state index in [2.05, 4.69) is 5.32 Å². The molecule has 0 atom stereocenters. The summed E-state index contributed by atoms with van der Waals surface area (Å²) in [6, 6.07) is 6.99. The molecule has 0 spiro atoms. The molecular weight excluding hydrogens is 376 g/mol. The molecule has 1 amide bonds. The van der Waals surface area contributed by atoms with Gasteiger partial charge < -0.3 is 24.3 Å². The van der Waals surface area contributed by atoms with Crippen LogP contribution in [0.2, 0.25) is 0 Å². The molecule has 0 bridgehead atoms. The summed E-state index contributed by atoms with van der Waals surface area (Å²) in [5.41, 5.74) is 0.567. The molecule has 0 aliphatic rings. The fourth-order valence-corrected chi connectivity index (χ4v) is 3.08. The third-order valence-corrected chi connectivity index (χ3v) is 4.61. The highest BCUT2D eigenvalue weighted by Gasteiger charge is 2.19. The number of primary sulfonamides is 1. The van der Waals surface area contributed by atoms with Crippen molar-refractivity contribution in [2.24, 2.45) is 5.14 Å². The van der Waals surface area contributed by atoms with Crippen LogP contribution in [-0.2, 0) is 10.0 Å². The highest BCUT2D eigenvalue weighted by Crippen LogP contribution is 2.38. The van der Waals surface area contributed by atoms with Crippen molar-refractivity contribution in [2.75, 3.05) is 33.8 Å². The lowest BCUT2D eigenvalue weighted by molar-refractivity contribution is 0.102. The number of sulfonamides is 1. The molecule has 0 radical (unpaired) electrons. The number of hydrogen-bond donors (Lipinski definition) is 2. The summed E-state index contributed by atoms with van der Waals surface area (Å²) < 4.78 is 43.8. The molecule has 0 saturated carbocycles. The first-order valence-electron chi connectivity index (χ1n) is 7.57. The number of methoxy groups -OCH3 is 4. The van der Waals surface area contributed by atoms with Crippen LogP contribution in [0.5, 0.6) is 23.0 Å². The van der Waals surface area contributed by atoms with Gasteiger partial charge in [0, 0.05) is 17.3 Å². The smallest absolute Gasteiger partial charge is 0.255 e. The molecule has 0 aliphatic carbocycles. The van der Waals surface area contributed by atoms with Crippen molar-refractivity contribution in [2.45, 2.75) is 4.90 Å². The molecule has 10 heteroatoms. The van der Waals surface area contributed by atoms with Crippen LogP contribution in [0.4, 0.5) is 5.69 Å². The topological polar surface area (TPSA) is 126 Å². The summed E-state index contributed by atoms with van der Waals surface area (Å²) in [6.45, 7) is 0. The Morgan fingerprint density at radius 3 is 1.89 bits per heavy atom. The highest BCUT2D eigenvalue weighted by atomic mass is 32.2. The first-order valence-corrected chi connectivity index (χ1v) is 9.12. The van der Waals surface area contributed by atoms with Crippen LogP contribution >= 0.6 is 0 Å². The van der Waals surface area contributed by atoms with E-state index in [9.17, 15) is 13.2 Å². The van der Waals surface area contributed by atoms with Crippen molar-refractivity contribution in [3.05, 3.63) is 35.9 Å². The Bertz CT molecular complexity index is 933. The quantitative estimate of drug-likeness (QED) is 0.728. The first-order chi connectivity index (χ1) is 12.7. The maximum atomic E-state index is 12.6. The number of nitrogens with one attached hydrogen (secondary N) is 1. The predicted octanol–water partition coefficient (Wildman–Crippen LogP) is 1.62. The average molecular weight is 396 g/mol. The van der Waals surface area contributed by atoms with Crippen LogP contribution < -0.4 is 29.4 Å². The van der Waals surface area contributed by atoms with Crippen LogP contribution in [-0.4, -0.2) is 42.8 Å². The van der Waals surface area contributed by atoms with Gasteiger partial charge in [-0.2, -0.15) is 0 Å². The van der Waals surface area contributed by atoms with E-state index in [0.717, 1.165) is 0 Å². The van der Waals surface area contributed by atoms with Crippen molar-refractivity contribution in [3.8, 4) is 23.0 Å². The third kappa shape index (κ3) is 4.41. The third-order valence-electron chi connectivity index (χ3n) is 3.65. The van der Waals surface area contributed by atoms with Gasteiger partial charge in [-0.25, -0.2) is 13.6 Å². The molecule has 146 valence electrons. The Labute approximate surface area is 157 Å². The van der Waals surface area contributed by atoms with Gasteiger partial charge in [-0.3, -0.25) is 4.79 Å². The van der Waals surface area contributed by atoms with Crippen LogP contribution in [0, 0.1) is 0 Å². The Hall–Kier alpha value is -2.98. The molecule has 0 aliphatic heterocycles. The number of rotatable bonds is 7. The van der Waals surface area contributed by atoms with E-state index in [-0.39, 0.29) is 16.2 Å². The van der Waals surface area contributed by atoms with Gasteiger partial charge in [0.1, 0.15) is 10.6 Å². The van der Waals surface area contributed by atoms with E-state index in [1.54, 1.807) is 0 Å². The van der Waals surface area contributed by atoms with Crippen LogP contribution in [0.25, 0.3) is 0 Å². The van der Waals surface area contributed by atoms with E-state index in [4.69, 9.17) is 24.1 Å². The molecular formula is C17H20N2O7S. The van der Waals surface area contributed by atoms with Gasteiger partial charge >= 0.3 is 0 Å². The summed E-state index contributed by atoms with van der Waals surface area (Å²) in [4.78, 5) is 12.4. The summed E-state index contributed by atoms with van der Waals surface area (Å²) in [5, 5.41) is 7.78. The van der Waals surface area contributed by atoms with Gasteiger partial charge in [-0.05, 0) is 24.3 Å². The minimum absolute atomic E-state index is 0.0141. The number of carbonyl (C=O) groups excluding carboxylic acids is 1. The number of carbonyl (C=O) groups is 1. The van der Waals surface area contributed by atoms with Crippen molar-refractivity contribution in [3.63, 3.8) is 0 Å². The molecule has 0 fully saturated rings. The minimum Gasteiger partial charge on any atom is -0.495 e. The SMILES string of the molecule is COc1cc(NC(=O)c2cc(OC)c(OC)c(OC)c2)ccc1S(N)(=O)=O. The minimum atomic E-state index is -3.95. The number of anilines is 1. The molecule has 0 heterocycles. The van der Waals surface area contributed by atoms with E-state index >= 15 is 0 Å². The lowest BCUT2D eigenvalue weighted by Gasteiger charge is -2.14. The van der Waals surface area contributed by atoms with Crippen molar-refractivity contribution in [1.29, 1.82) is 0 Å². The van der Waals surface area contributed by atoms with Crippen molar-refractivity contribution >= 4 is 21.6 Å². The number of ether oxygens (including phenoxy) is 4. The Kier molecular flexibility index (Phi) is 6.13. The summed E-state index contributed by atoms with van der Waals surface area (Å²) in [7, 11) is 1.69. The van der Waals surface area contributed by atoms with E-state index < -0.39 is 15.9 Å². The zero-order valence-corrected chi connectivity index (χ0v) is 16.0. The summed E-state index contributed by atoms with van der Waals surface area (Å²) >= 11 is 0. The number of nitrogens with two attached hydrogens (primary N) is 1. The maximum absolute atomic E-state index is 12.6. The lowest BCUT2D eigenvalue weighted by atomic mass is 10.1. The number of amides is 1. The molecule has 0 unspecified atom stereocenters. The van der Waals surface area contributed by atoms with Crippen LogP contribution in [0.1, 0.15) is 10.4 Å². The van der Waals surface area contributed by atoms with Gasteiger partial charge in [-0.1, -0.05) is 0 Å². The van der Waals surface area contributed by atoms with E-state index in [0.29, 0.717) is 22.9 Å². The largest absolute Gasteiger partial charge is 0.495 e. The molecule has 2 aromatic rings. The molecule has 0 saturated heterocycles. The van der Waals surface area contributed by atoms with E-state index in [1.165, 1.54) is 58.8 Å². The normalized spacial score (nSPS) is 10.9. The maximum Gasteiger partial charge on any atom is 0.255 e. The molecule has 3 N–H and O–H groups in total. The zero-order chi connectivity index (χ0) is 20.2. The molecule has 9 nitrogen and oxygen atoms in total. The monoisotopic (exact) mass is 396 g/mol. The number of benzene rings is 2. The van der Waals surface area contributed by atoms with Gasteiger partial charge in [0.15, 0.2) is 11.5 Å². The predicted molar refractivity (Wildman–Crippen MR) is 98.4 cm³/mol. The Morgan fingerprint density at radius 1 is 0.889 bits per heavy atom. The lowest BCUT2D eigenvalue weighted by Crippen LogP contribution is -2.15. The van der Waals surface area contributed by atoms with Gasteiger partial charge in [0.25, 0.3) is 5.91 Å². The van der Waals surface area contributed by atoms with Crippen LogP contribution in [0.15, 0.2) is 35.2 Å². The fraction of sp³-hybridized carbons (Fsp3) is 0.235. The number of hydrogen-bond acceptors (Lipinski definition) is 7. The Balaban J connectivity index is 2.38. The zero-order valence-electron chi connectivity index (χ0n) is 15.2. The second-order valence-corrected chi connectivity index (χ2v) is 6.81. The average Bonchev–Trinajstić information content (AvgIpc) is 2.65. The first kappa shape index (κ1) is 20.3. The van der Waals surface area contributed by atoms with Gasteiger partial charge in [0.05, 0.1) is 28.4 Å². The Morgan fingerprint density at radius 2 is 1.44 bits per heavy atom. The van der Waals surface area contributed by atoms with Crippen molar-refractivity contribution in [1.82, 2.24) is 0 Å². The molecule has 2 aromatic carbocycles. The molecule has 0 aromatic heterocycles. The highest BCUT2D eigenvalue weighted by molar-refractivity contribution is 7.89. The standard InChI is InChI=1S/C17H20N2O7S/c1-23-12-9-11(5-6-15(12)27(18,21)22)19-17(20)10-7-13(24-2)16(26-4)14(8-10)25-3/h5-9H,1-4H3,(H,19,20)(H2,18,21,22). The van der Waals surface area contributed by atoms with Crippen LogP contribution in [0.3, 0.4) is 0 Å². The molecule has 2 rings (SSSR count). The molecule has 27 heavy (non-hydrogen) atoms. The summed E-state index contributed by atoms with van der Waals surface area (Å²) in [6.07, 6.45) is 0. The van der Waals surface area contributed by atoms with Gasteiger partial charge in [0.2, 0.25) is 15.8 Å². The fourth-order valence-electron chi connectivity index (χ4n) is 2.40. The summed E-state index contributed by atoms with van der Waals surface area (Å²) in [5.74, 6) is 0.545. The van der Waals surface area contributed by atoms with Gasteiger partial charge in [-0.15, -0.1) is 0 Å². The second kappa shape index (κ2) is 8.14. The van der Waals surface area contributed by atoms with E-state index in [1.807, 2.05) is 0 Å².